The Kier molecular flexibility index (Phi) is 2.43. The highest BCUT2D eigenvalue weighted by atomic mass is 16.5. The second-order valence-corrected chi connectivity index (χ2v) is 3.90. The SMILES string of the molecule is COc1cccc2c1C(C)=C(C)C(C)O2. The van der Waals surface area contributed by atoms with Gasteiger partial charge in [-0.2, -0.15) is 0 Å². The van der Waals surface area contributed by atoms with Gasteiger partial charge in [-0.05, 0) is 44.1 Å². The second-order valence-electron chi connectivity index (χ2n) is 3.90. The molecular formula is C13H16O2. The van der Waals surface area contributed by atoms with Crippen molar-refractivity contribution in [3.8, 4) is 11.5 Å². The van der Waals surface area contributed by atoms with Crippen LogP contribution < -0.4 is 9.47 Å². The molecule has 0 saturated carbocycles. The van der Waals surface area contributed by atoms with Gasteiger partial charge >= 0.3 is 0 Å². The fourth-order valence-corrected chi connectivity index (χ4v) is 1.93. The monoisotopic (exact) mass is 204 g/mol. The lowest BCUT2D eigenvalue weighted by Gasteiger charge is -2.27. The van der Waals surface area contributed by atoms with Crippen LogP contribution in [0.2, 0.25) is 0 Å². The molecule has 2 rings (SSSR count). The Morgan fingerprint density at radius 2 is 2.00 bits per heavy atom. The van der Waals surface area contributed by atoms with Crippen molar-refractivity contribution >= 4 is 5.57 Å². The van der Waals surface area contributed by atoms with Gasteiger partial charge in [0.25, 0.3) is 0 Å². The van der Waals surface area contributed by atoms with Gasteiger partial charge in [-0.25, -0.2) is 0 Å². The summed E-state index contributed by atoms with van der Waals surface area (Å²) in [4.78, 5) is 0. The van der Waals surface area contributed by atoms with E-state index in [4.69, 9.17) is 9.47 Å². The number of rotatable bonds is 1. The minimum atomic E-state index is 0.157. The van der Waals surface area contributed by atoms with Crippen LogP contribution in [0.15, 0.2) is 23.8 Å². The Labute approximate surface area is 90.5 Å². The second kappa shape index (κ2) is 3.61. The molecule has 0 saturated heterocycles. The van der Waals surface area contributed by atoms with Crippen molar-refractivity contribution in [2.24, 2.45) is 0 Å². The van der Waals surface area contributed by atoms with Crippen molar-refractivity contribution in [2.75, 3.05) is 7.11 Å². The molecule has 0 aliphatic carbocycles. The number of allylic oxidation sites excluding steroid dienone is 1. The van der Waals surface area contributed by atoms with E-state index in [1.165, 1.54) is 11.1 Å². The van der Waals surface area contributed by atoms with Crippen LogP contribution in [0.25, 0.3) is 5.57 Å². The van der Waals surface area contributed by atoms with Gasteiger partial charge in [-0.15, -0.1) is 0 Å². The normalized spacial score (nSPS) is 19.6. The Balaban J connectivity index is 2.64. The van der Waals surface area contributed by atoms with E-state index >= 15 is 0 Å². The highest BCUT2D eigenvalue weighted by molar-refractivity contribution is 5.78. The summed E-state index contributed by atoms with van der Waals surface area (Å²) in [5.74, 6) is 1.81. The first-order valence-corrected chi connectivity index (χ1v) is 5.16. The molecule has 2 nitrogen and oxygen atoms in total. The zero-order valence-electron chi connectivity index (χ0n) is 9.63. The maximum absolute atomic E-state index is 5.82. The first-order valence-electron chi connectivity index (χ1n) is 5.16. The van der Waals surface area contributed by atoms with Gasteiger partial charge in [0.1, 0.15) is 17.6 Å². The molecule has 1 aliphatic rings. The molecule has 2 heteroatoms. The van der Waals surface area contributed by atoms with Gasteiger partial charge in [0.05, 0.1) is 12.7 Å². The molecule has 0 N–H and O–H groups in total. The third kappa shape index (κ3) is 1.50. The van der Waals surface area contributed by atoms with Crippen LogP contribution in [0.1, 0.15) is 26.3 Å². The van der Waals surface area contributed by atoms with E-state index in [9.17, 15) is 0 Å². The zero-order valence-corrected chi connectivity index (χ0v) is 9.63. The van der Waals surface area contributed by atoms with E-state index in [0.29, 0.717) is 0 Å². The van der Waals surface area contributed by atoms with Crippen molar-refractivity contribution in [3.63, 3.8) is 0 Å². The number of hydrogen-bond donors (Lipinski definition) is 0. The predicted molar refractivity (Wildman–Crippen MR) is 61.4 cm³/mol. The third-order valence-electron chi connectivity index (χ3n) is 3.09. The van der Waals surface area contributed by atoms with Crippen molar-refractivity contribution in [1.29, 1.82) is 0 Å². The first-order chi connectivity index (χ1) is 7.15. The average Bonchev–Trinajstić information content (AvgIpc) is 2.25. The Morgan fingerprint density at radius 1 is 1.27 bits per heavy atom. The summed E-state index contributed by atoms with van der Waals surface area (Å²) in [6.07, 6.45) is 0.157. The first kappa shape index (κ1) is 10.1. The molecule has 1 heterocycles. The molecule has 15 heavy (non-hydrogen) atoms. The predicted octanol–water partition coefficient (Wildman–Crippen LogP) is 3.27. The number of methoxy groups -OCH3 is 1. The minimum absolute atomic E-state index is 0.157. The molecule has 1 unspecified atom stereocenters. The van der Waals surface area contributed by atoms with Crippen molar-refractivity contribution < 1.29 is 9.47 Å². The summed E-state index contributed by atoms with van der Waals surface area (Å²) in [5, 5.41) is 0. The Morgan fingerprint density at radius 3 is 2.67 bits per heavy atom. The fraction of sp³-hybridized carbons (Fsp3) is 0.385. The van der Waals surface area contributed by atoms with Crippen LogP contribution in [0, 0.1) is 0 Å². The topological polar surface area (TPSA) is 18.5 Å². The Hall–Kier alpha value is -1.44. The van der Waals surface area contributed by atoms with E-state index in [-0.39, 0.29) is 6.10 Å². The average molecular weight is 204 g/mol. The molecule has 1 aliphatic heterocycles. The van der Waals surface area contributed by atoms with E-state index in [1.807, 2.05) is 18.2 Å². The summed E-state index contributed by atoms with van der Waals surface area (Å²) in [7, 11) is 1.69. The highest BCUT2D eigenvalue weighted by Crippen LogP contribution is 2.40. The summed E-state index contributed by atoms with van der Waals surface area (Å²) in [6, 6.07) is 5.91. The number of ether oxygens (including phenoxy) is 2. The van der Waals surface area contributed by atoms with Crippen molar-refractivity contribution in [2.45, 2.75) is 26.9 Å². The van der Waals surface area contributed by atoms with Crippen LogP contribution in [0.4, 0.5) is 0 Å². The van der Waals surface area contributed by atoms with E-state index < -0.39 is 0 Å². The summed E-state index contributed by atoms with van der Waals surface area (Å²) in [6.45, 7) is 6.30. The minimum Gasteiger partial charge on any atom is -0.496 e. The zero-order chi connectivity index (χ0) is 11.0. The molecule has 1 atom stereocenters. The molecular weight excluding hydrogens is 188 g/mol. The van der Waals surface area contributed by atoms with Crippen molar-refractivity contribution in [3.05, 3.63) is 29.3 Å². The van der Waals surface area contributed by atoms with Gasteiger partial charge in [0.15, 0.2) is 0 Å². The van der Waals surface area contributed by atoms with Crippen LogP contribution in [-0.4, -0.2) is 13.2 Å². The molecule has 80 valence electrons. The summed E-state index contributed by atoms with van der Waals surface area (Å²) in [5.41, 5.74) is 3.63. The quantitative estimate of drug-likeness (QED) is 0.699. The maximum Gasteiger partial charge on any atom is 0.131 e. The maximum atomic E-state index is 5.82. The van der Waals surface area contributed by atoms with Crippen LogP contribution in [0.5, 0.6) is 11.5 Å². The lowest BCUT2D eigenvalue weighted by molar-refractivity contribution is 0.250. The van der Waals surface area contributed by atoms with E-state index in [0.717, 1.165) is 17.1 Å². The van der Waals surface area contributed by atoms with Gasteiger partial charge in [-0.3, -0.25) is 0 Å². The number of hydrogen-bond acceptors (Lipinski definition) is 2. The van der Waals surface area contributed by atoms with Gasteiger partial charge in [0.2, 0.25) is 0 Å². The van der Waals surface area contributed by atoms with Crippen LogP contribution in [0.3, 0.4) is 0 Å². The van der Waals surface area contributed by atoms with Gasteiger partial charge in [0, 0.05) is 0 Å². The lowest BCUT2D eigenvalue weighted by Crippen LogP contribution is -2.19. The smallest absolute Gasteiger partial charge is 0.131 e. The Bertz CT molecular complexity index is 419. The molecule has 0 fully saturated rings. The third-order valence-corrected chi connectivity index (χ3v) is 3.09. The summed E-state index contributed by atoms with van der Waals surface area (Å²) < 4.78 is 11.2. The molecule has 0 spiro atoms. The molecule has 0 radical (unpaired) electrons. The molecule has 0 bridgehead atoms. The number of fused-ring (bicyclic) bond motifs is 1. The molecule has 1 aromatic carbocycles. The van der Waals surface area contributed by atoms with Crippen LogP contribution >= 0.6 is 0 Å². The number of benzene rings is 1. The standard InChI is InChI=1S/C13H16O2/c1-8-9(2)13-11(14-4)6-5-7-12(13)15-10(8)3/h5-7,10H,1-4H3. The molecule has 1 aromatic rings. The lowest BCUT2D eigenvalue weighted by atomic mass is 9.95. The van der Waals surface area contributed by atoms with Gasteiger partial charge in [-0.1, -0.05) is 6.07 Å². The summed E-state index contributed by atoms with van der Waals surface area (Å²) >= 11 is 0. The highest BCUT2D eigenvalue weighted by Gasteiger charge is 2.22. The van der Waals surface area contributed by atoms with E-state index in [2.05, 4.69) is 20.8 Å². The largest absolute Gasteiger partial charge is 0.496 e. The van der Waals surface area contributed by atoms with Gasteiger partial charge < -0.3 is 9.47 Å². The van der Waals surface area contributed by atoms with Crippen LogP contribution in [-0.2, 0) is 0 Å². The molecule has 0 amide bonds. The fourth-order valence-electron chi connectivity index (χ4n) is 1.93. The molecule has 0 aromatic heterocycles. The van der Waals surface area contributed by atoms with Crippen molar-refractivity contribution in [1.82, 2.24) is 0 Å². The van der Waals surface area contributed by atoms with E-state index in [1.54, 1.807) is 7.11 Å².